The highest BCUT2D eigenvalue weighted by Gasteiger charge is 2.28. The van der Waals surface area contributed by atoms with Gasteiger partial charge in [-0.1, -0.05) is 13.3 Å². The molecule has 0 aromatic rings. The van der Waals surface area contributed by atoms with E-state index in [0.717, 1.165) is 0 Å². The van der Waals surface area contributed by atoms with E-state index < -0.39 is 16.0 Å². The molecule has 2 atom stereocenters. The predicted octanol–water partition coefficient (Wildman–Crippen LogP) is 1.36. The fourth-order valence-electron chi connectivity index (χ4n) is 2.28. The summed E-state index contributed by atoms with van der Waals surface area (Å²) in [5.41, 5.74) is 0. The monoisotopic (exact) mass is 307 g/mol. The number of ether oxygens (including phenoxy) is 1. The second-order valence-electron chi connectivity index (χ2n) is 5.55. The molecule has 1 fully saturated rings. The molecule has 1 aliphatic rings. The molecule has 2 unspecified atom stereocenters. The number of carboxylic acids is 1. The molecule has 0 saturated carbocycles. The molecule has 1 aliphatic heterocycles. The quantitative estimate of drug-likeness (QED) is 0.706. The average Bonchev–Trinajstić information content (AvgIpc) is 2.39. The third-order valence-electron chi connectivity index (χ3n) is 3.67. The summed E-state index contributed by atoms with van der Waals surface area (Å²) in [6, 6.07) is -0.163. The molecule has 6 nitrogen and oxygen atoms in total. The first-order chi connectivity index (χ1) is 9.33. The van der Waals surface area contributed by atoms with Gasteiger partial charge >= 0.3 is 5.97 Å². The second-order valence-corrected chi connectivity index (χ2v) is 7.54. The van der Waals surface area contributed by atoms with Gasteiger partial charge in [0.25, 0.3) is 0 Å². The molecule has 0 spiro atoms. The third kappa shape index (κ3) is 5.76. The molecule has 0 bridgehead atoms. The minimum atomic E-state index is -3.30. The van der Waals surface area contributed by atoms with E-state index in [9.17, 15) is 13.2 Å². The number of nitrogens with one attached hydrogen (secondary N) is 1. The Labute approximate surface area is 120 Å². The van der Waals surface area contributed by atoms with E-state index in [1.807, 2.05) is 6.92 Å². The van der Waals surface area contributed by atoms with Crippen molar-refractivity contribution in [3.8, 4) is 0 Å². The van der Waals surface area contributed by atoms with E-state index in [2.05, 4.69) is 4.72 Å². The summed E-state index contributed by atoms with van der Waals surface area (Å²) in [5, 5.41) is 8.42. The Morgan fingerprint density at radius 3 is 2.45 bits per heavy atom. The highest BCUT2D eigenvalue weighted by Crippen LogP contribution is 2.16. The van der Waals surface area contributed by atoms with Crippen LogP contribution in [0, 0.1) is 5.92 Å². The molecule has 1 saturated heterocycles. The van der Waals surface area contributed by atoms with Gasteiger partial charge < -0.3 is 9.84 Å². The van der Waals surface area contributed by atoms with E-state index in [1.165, 1.54) is 0 Å². The molecule has 7 heteroatoms. The van der Waals surface area contributed by atoms with Crippen LogP contribution >= 0.6 is 0 Å². The number of hydrogen-bond acceptors (Lipinski definition) is 4. The highest BCUT2D eigenvalue weighted by molar-refractivity contribution is 7.90. The van der Waals surface area contributed by atoms with Gasteiger partial charge in [-0.05, 0) is 32.6 Å². The van der Waals surface area contributed by atoms with Crippen LogP contribution in [-0.4, -0.2) is 44.0 Å². The summed E-state index contributed by atoms with van der Waals surface area (Å²) in [6.45, 7) is 4.48. The van der Waals surface area contributed by atoms with Gasteiger partial charge in [0, 0.05) is 19.3 Å². The molecule has 0 aromatic carbocycles. The molecule has 1 heterocycles. The van der Waals surface area contributed by atoms with Crippen molar-refractivity contribution in [2.75, 3.05) is 13.2 Å². The number of rotatable bonds is 8. The summed E-state index contributed by atoms with van der Waals surface area (Å²) >= 11 is 0. The number of sulfonamides is 1. The lowest BCUT2D eigenvalue weighted by Crippen LogP contribution is -2.42. The minimum absolute atomic E-state index is 0.163. The second kappa shape index (κ2) is 7.95. The summed E-state index contributed by atoms with van der Waals surface area (Å²) in [4.78, 5) is 10.7. The van der Waals surface area contributed by atoms with Gasteiger partial charge in [-0.15, -0.1) is 0 Å². The first kappa shape index (κ1) is 17.4. The molecule has 0 radical (unpaired) electrons. The van der Waals surface area contributed by atoms with Gasteiger partial charge in [0.2, 0.25) is 10.0 Å². The zero-order valence-corrected chi connectivity index (χ0v) is 13.0. The van der Waals surface area contributed by atoms with Crippen LogP contribution in [0.2, 0.25) is 0 Å². The van der Waals surface area contributed by atoms with Gasteiger partial charge in [-0.3, -0.25) is 4.79 Å². The summed E-state index contributed by atoms with van der Waals surface area (Å²) in [7, 11) is -3.30. The smallest absolute Gasteiger partial charge is 0.306 e. The lowest BCUT2D eigenvalue weighted by Gasteiger charge is -2.24. The van der Waals surface area contributed by atoms with Gasteiger partial charge in [0.15, 0.2) is 0 Å². The SMILES string of the molecule is CC(CCCC(C)C(=O)O)NS(=O)(=O)C1CCOCC1. The van der Waals surface area contributed by atoms with E-state index in [0.29, 0.717) is 45.3 Å². The molecule has 118 valence electrons. The molecule has 1 rings (SSSR count). The number of aliphatic carboxylic acids is 1. The van der Waals surface area contributed by atoms with Gasteiger partial charge in [-0.2, -0.15) is 0 Å². The summed E-state index contributed by atoms with van der Waals surface area (Å²) in [5.74, 6) is -1.19. The Morgan fingerprint density at radius 2 is 1.90 bits per heavy atom. The topological polar surface area (TPSA) is 92.7 Å². The Kier molecular flexibility index (Phi) is 6.91. The largest absolute Gasteiger partial charge is 0.481 e. The lowest BCUT2D eigenvalue weighted by molar-refractivity contribution is -0.141. The van der Waals surface area contributed by atoms with Crippen molar-refractivity contribution in [1.82, 2.24) is 4.72 Å². The highest BCUT2D eigenvalue weighted by atomic mass is 32.2. The molecule has 0 aromatic heterocycles. The summed E-state index contributed by atoms with van der Waals surface area (Å²) in [6.07, 6.45) is 3.00. The zero-order chi connectivity index (χ0) is 15.2. The van der Waals surface area contributed by atoms with Crippen molar-refractivity contribution in [2.45, 2.75) is 57.2 Å². The van der Waals surface area contributed by atoms with Crippen LogP contribution in [0.5, 0.6) is 0 Å². The summed E-state index contributed by atoms with van der Waals surface area (Å²) < 4.78 is 32.1. The van der Waals surface area contributed by atoms with Crippen molar-refractivity contribution in [3.05, 3.63) is 0 Å². The van der Waals surface area contributed by atoms with Crippen molar-refractivity contribution < 1.29 is 23.1 Å². The molecule has 0 aliphatic carbocycles. The van der Waals surface area contributed by atoms with Gasteiger partial charge in [0.05, 0.1) is 11.2 Å². The lowest BCUT2D eigenvalue weighted by atomic mass is 10.0. The predicted molar refractivity (Wildman–Crippen MR) is 76.0 cm³/mol. The minimum Gasteiger partial charge on any atom is -0.481 e. The van der Waals surface area contributed by atoms with Crippen molar-refractivity contribution >= 4 is 16.0 Å². The fourth-order valence-corrected chi connectivity index (χ4v) is 3.96. The van der Waals surface area contributed by atoms with Gasteiger partial charge in [-0.25, -0.2) is 13.1 Å². The maximum absolute atomic E-state index is 12.1. The molecule has 20 heavy (non-hydrogen) atoms. The van der Waals surface area contributed by atoms with Crippen LogP contribution in [0.3, 0.4) is 0 Å². The number of hydrogen-bond donors (Lipinski definition) is 2. The zero-order valence-electron chi connectivity index (χ0n) is 12.2. The number of carboxylic acid groups (broad SMARTS) is 1. The van der Waals surface area contributed by atoms with Crippen molar-refractivity contribution in [3.63, 3.8) is 0 Å². The first-order valence-electron chi connectivity index (χ1n) is 7.14. The van der Waals surface area contributed by atoms with E-state index in [1.54, 1.807) is 6.92 Å². The van der Waals surface area contributed by atoms with Crippen molar-refractivity contribution in [1.29, 1.82) is 0 Å². The van der Waals surface area contributed by atoms with Gasteiger partial charge in [0.1, 0.15) is 0 Å². The van der Waals surface area contributed by atoms with E-state index in [-0.39, 0.29) is 17.2 Å². The fraction of sp³-hybridized carbons (Fsp3) is 0.923. The Morgan fingerprint density at radius 1 is 1.30 bits per heavy atom. The van der Waals surface area contributed by atoms with Crippen LogP contribution < -0.4 is 4.72 Å². The number of carbonyl (C=O) groups is 1. The Hall–Kier alpha value is -0.660. The third-order valence-corrected chi connectivity index (χ3v) is 5.75. The Balaban J connectivity index is 2.33. The standard InChI is InChI=1S/C13H25NO5S/c1-10(13(15)16)4-3-5-11(2)14-20(17,18)12-6-8-19-9-7-12/h10-12,14H,3-9H2,1-2H3,(H,15,16). The molecule has 2 N–H and O–H groups in total. The van der Waals surface area contributed by atoms with Crippen molar-refractivity contribution in [2.24, 2.45) is 5.92 Å². The molecular formula is C13H25NO5S. The maximum atomic E-state index is 12.1. The molecule has 0 amide bonds. The van der Waals surface area contributed by atoms with E-state index in [4.69, 9.17) is 9.84 Å². The normalized spacial score (nSPS) is 20.5. The average molecular weight is 307 g/mol. The van der Waals surface area contributed by atoms with Crippen LogP contribution in [0.1, 0.15) is 46.0 Å². The van der Waals surface area contributed by atoms with E-state index >= 15 is 0 Å². The van der Waals surface area contributed by atoms with Crippen LogP contribution in [0.15, 0.2) is 0 Å². The molecular weight excluding hydrogens is 282 g/mol. The van der Waals surface area contributed by atoms with Crippen LogP contribution in [-0.2, 0) is 19.6 Å². The van der Waals surface area contributed by atoms with Crippen LogP contribution in [0.25, 0.3) is 0 Å². The first-order valence-corrected chi connectivity index (χ1v) is 8.69. The Bertz CT molecular complexity index is 403. The maximum Gasteiger partial charge on any atom is 0.306 e. The van der Waals surface area contributed by atoms with Crippen LogP contribution in [0.4, 0.5) is 0 Å².